The van der Waals surface area contributed by atoms with Gasteiger partial charge in [0, 0.05) is 12.1 Å². The number of hydrogen-bond acceptors (Lipinski definition) is 5. The van der Waals surface area contributed by atoms with Crippen molar-refractivity contribution in [3.8, 4) is 0 Å². The lowest BCUT2D eigenvalue weighted by Gasteiger charge is -2.03. The molecule has 0 aliphatic heterocycles. The molecule has 0 spiro atoms. The minimum atomic E-state index is -3.66. The number of hydrogen-bond donors (Lipinski definition) is 1. The van der Waals surface area contributed by atoms with E-state index in [0.717, 1.165) is 5.56 Å². The molecule has 1 fully saturated rings. The summed E-state index contributed by atoms with van der Waals surface area (Å²) in [5, 5.41) is 3.73. The predicted octanol–water partition coefficient (Wildman–Crippen LogP) is 1.46. The normalized spacial score (nSPS) is 21.2. The number of nitrogens with one attached hydrogen (secondary N) is 1. The maximum atomic E-state index is 11.9. The Morgan fingerprint density at radius 2 is 2.10 bits per heavy atom. The molecular weight excluding hydrogens is 292 g/mol. The third kappa shape index (κ3) is 4.04. The van der Waals surface area contributed by atoms with Crippen molar-refractivity contribution in [2.75, 3.05) is 6.61 Å². The van der Waals surface area contributed by atoms with Gasteiger partial charge in [0.15, 0.2) is 0 Å². The second-order valence-corrected chi connectivity index (χ2v) is 6.60. The van der Waals surface area contributed by atoms with Crippen molar-refractivity contribution in [1.82, 2.24) is 4.83 Å². The molecule has 1 aliphatic rings. The molecule has 1 saturated carbocycles. The lowest BCUT2D eigenvalue weighted by molar-refractivity contribution is -0.144. The van der Waals surface area contributed by atoms with Crippen LogP contribution in [-0.4, -0.2) is 27.2 Å². The summed E-state index contributed by atoms with van der Waals surface area (Å²) in [5.74, 6) is -0.502. The molecule has 0 amide bonds. The van der Waals surface area contributed by atoms with Gasteiger partial charge in [-0.3, -0.25) is 4.79 Å². The van der Waals surface area contributed by atoms with E-state index in [9.17, 15) is 13.2 Å². The highest BCUT2D eigenvalue weighted by Gasteiger charge is 2.43. The predicted molar refractivity (Wildman–Crippen MR) is 78.2 cm³/mol. The van der Waals surface area contributed by atoms with E-state index in [1.165, 1.54) is 18.3 Å². The zero-order valence-corrected chi connectivity index (χ0v) is 12.8. The number of hydrazone groups is 1. The van der Waals surface area contributed by atoms with E-state index in [2.05, 4.69) is 9.93 Å². The maximum absolute atomic E-state index is 11.9. The Balaban J connectivity index is 1.90. The first kappa shape index (κ1) is 15.5. The summed E-state index contributed by atoms with van der Waals surface area (Å²) in [6, 6.07) is 6.48. The number of rotatable bonds is 6. The molecule has 0 radical (unpaired) electrons. The van der Waals surface area contributed by atoms with E-state index in [4.69, 9.17) is 4.74 Å². The van der Waals surface area contributed by atoms with Crippen molar-refractivity contribution in [2.24, 2.45) is 16.9 Å². The van der Waals surface area contributed by atoms with E-state index in [1.54, 1.807) is 19.1 Å². The van der Waals surface area contributed by atoms with Gasteiger partial charge in [-0.05, 0) is 32.4 Å². The first-order valence-corrected chi connectivity index (χ1v) is 8.20. The molecule has 0 saturated heterocycles. The number of esters is 1. The average molecular weight is 310 g/mol. The largest absolute Gasteiger partial charge is 0.466 e. The van der Waals surface area contributed by atoms with E-state index in [1.807, 2.05) is 6.92 Å². The van der Waals surface area contributed by atoms with E-state index in [-0.39, 0.29) is 22.7 Å². The summed E-state index contributed by atoms with van der Waals surface area (Å²) in [4.78, 5) is 13.7. The quantitative estimate of drug-likeness (QED) is 0.490. The van der Waals surface area contributed by atoms with Crippen LogP contribution < -0.4 is 4.83 Å². The Hall–Kier alpha value is -1.89. The van der Waals surface area contributed by atoms with Crippen LogP contribution in [0.2, 0.25) is 0 Å². The van der Waals surface area contributed by atoms with Crippen LogP contribution in [0.3, 0.4) is 0 Å². The molecule has 21 heavy (non-hydrogen) atoms. The molecular formula is C14H18N2O4S. The Morgan fingerprint density at radius 3 is 2.71 bits per heavy atom. The van der Waals surface area contributed by atoms with Crippen LogP contribution in [0.15, 0.2) is 34.3 Å². The SMILES string of the molecule is CCOC(=O)C1CC1/C=N/NS(=O)(=O)c1ccc(C)cc1. The van der Waals surface area contributed by atoms with E-state index < -0.39 is 10.0 Å². The Bertz CT molecular complexity index is 637. The van der Waals surface area contributed by atoms with Gasteiger partial charge in [-0.2, -0.15) is 13.5 Å². The number of ether oxygens (including phenoxy) is 1. The molecule has 1 aromatic rings. The number of nitrogens with zero attached hydrogens (tertiary/aromatic N) is 1. The number of carbonyl (C=O) groups is 1. The maximum Gasteiger partial charge on any atom is 0.309 e. The summed E-state index contributed by atoms with van der Waals surface area (Å²) < 4.78 is 28.8. The fraction of sp³-hybridized carbons (Fsp3) is 0.429. The Labute approximate surface area is 124 Å². The highest BCUT2D eigenvalue weighted by molar-refractivity contribution is 7.89. The first-order chi connectivity index (χ1) is 9.94. The highest BCUT2D eigenvalue weighted by Crippen LogP contribution is 2.37. The third-order valence-corrected chi connectivity index (χ3v) is 4.44. The van der Waals surface area contributed by atoms with E-state index in [0.29, 0.717) is 13.0 Å². The fourth-order valence-electron chi connectivity index (χ4n) is 1.87. The minimum Gasteiger partial charge on any atom is -0.466 e. The second kappa shape index (κ2) is 6.26. The fourth-order valence-corrected chi connectivity index (χ4v) is 2.66. The van der Waals surface area contributed by atoms with Crippen LogP contribution in [-0.2, 0) is 19.6 Å². The summed E-state index contributed by atoms with van der Waals surface area (Å²) in [6.07, 6.45) is 2.10. The standard InChI is InChI=1S/C14H18N2O4S/c1-3-20-14(17)13-8-11(13)9-15-16-21(18,19)12-6-4-10(2)5-7-12/h4-7,9,11,13,16H,3,8H2,1-2H3/b15-9+. The van der Waals surface area contributed by atoms with Gasteiger partial charge in [0.2, 0.25) is 0 Å². The van der Waals surface area contributed by atoms with Crippen LogP contribution in [0.25, 0.3) is 0 Å². The minimum absolute atomic E-state index is 0.0511. The summed E-state index contributed by atoms with van der Waals surface area (Å²) in [5.41, 5.74) is 0.979. The Kier molecular flexibility index (Phi) is 4.62. The number of aryl methyl sites for hydroxylation is 1. The van der Waals surface area contributed by atoms with Gasteiger partial charge in [-0.15, -0.1) is 0 Å². The summed E-state index contributed by atoms with van der Waals surface area (Å²) >= 11 is 0. The number of carbonyl (C=O) groups excluding carboxylic acids is 1. The van der Waals surface area contributed by atoms with Crippen molar-refractivity contribution in [2.45, 2.75) is 25.2 Å². The number of sulfonamides is 1. The molecule has 0 heterocycles. The van der Waals surface area contributed by atoms with Crippen LogP contribution in [0.1, 0.15) is 18.9 Å². The van der Waals surface area contributed by atoms with Crippen molar-refractivity contribution in [3.63, 3.8) is 0 Å². The third-order valence-electron chi connectivity index (χ3n) is 3.20. The van der Waals surface area contributed by atoms with Crippen LogP contribution in [0, 0.1) is 18.8 Å². The van der Waals surface area contributed by atoms with Gasteiger partial charge in [0.05, 0.1) is 17.4 Å². The van der Waals surface area contributed by atoms with Crippen molar-refractivity contribution < 1.29 is 17.9 Å². The molecule has 0 aromatic heterocycles. The van der Waals surface area contributed by atoms with E-state index >= 15 is 0 Å². The summed E-state index contributed by atoms with van der Waals surface area (Å²) in [6.45, 7) is 3.98. The average Bonchev–Trinajstić information content (AvgIpc) is 3.19. The van der Waals surface area contributed by atoms with Crippen molar-refractivity contribution in [1.29, 1.82) is 0 Å². The van der Waals surface area contributed by atoms with Gasteiger partial charge in [0.1, 0.15) is 0 Å². The zero-order valence-electron chi connectivity index (χ0n) is 11.9. The van der Waals surface area contributed by atoms with Crippen molar-refractivity contribution in [3.05, 3.63) is 29.8 Å². The Morgan fingerprint density at radius 1 is 1.43 bits per heavy atom. The monoisotopic (exact) mass is 310 g/mol. The molecule has 1 aliphatic carbocycles. The lowest BCUT2D eigenvalue weighted by Crippen LogP contribution is -2.18. The molecule has 2 rings (SSSR count). The smallest absolute Gasteiger partial charge is 0.309 e. The van der Waals surface area contributed by atoms with Gasteiger partial charge in [-0.1, -0.05) is 17.7 Å². The lowest BCUT2D eigenvalue weighted by atomic mass is 10.2. The van der Waals surface area contributed by atoms with Crippen molar-refractivity contribution >= 4 is 22.2 Å². The number of benzene rings is 1. The molecule has 1 N–H and O–H groups in total. The molecule has 114 valence electrons. The van der Waals surface area contributed by atoms with Crippen LogP contribution in [0.4, 0.5) is 0 Å². The molecule has 6 nitrogen and oxygen atoms in total. The molecule has 1 aromatic carbocycles. The molecule has 2 unspecified atom stereocenters. The first-order valence-electron chi connectivity index (χ1n) is 6.72. The summed E-state index contributed by atoms with van der Waals surface area (Å²) in [7, 11) is -3.66. The molecule has 2 atom stereocenters. The van der Waals surface area contributed by atoms with Crippen LogP contribution in [0.5, 0.6) is 0 Å². The van der Waals surface area contributed by atoms with Gasteiger partial charge < -0.3 is 4.74 Å². The topological polar surface area (TPSA) is 84.8 Å². The zero-order chi connectivity index (χ0) is 15.5. The van der Waals surface area contributed by atoms with Gasteiger partial charge in [0.25, 0.3) is 10.0 Å². The molecule has 7 heteroatoms. The van der Waals surface area contributed by atoms with Gasteiger partial charge >= 0.3 is 5.97 Å². The molecule has 0 bridgehead atoms. The second-order valence-electron chi connectivity index (χ2n) is 4.94. The highest BCUT2D eigenvalue weighted by atomic mass is 32.2. The van der Waals surface area contributed by atoms with Crippen LogP contribution >= 0.6 is 0 Å². The van der Waals surface area contributed by atoms with Gasteiger partial charge in [-0.25, -0.2) is 4.83 Å².